The van der Waals surface area contributed by atoms with Crippen LogP contribution < -0.4 is 5.32 Å². The van der Waals surface area contributed by atoms with Gasteiger partial charge in [-0.2, -0.15) is 0 Å². The number of ether oxygens (including phenoxy) is 2. The Hall–Kier alpha value is -1.02. The molecule has 0 saturated carbocycles. The maximum Gasteiger partial charge on any atom is 0.255 e. The number of methoxy groups -OCH3 is 1. The molecule has 0 bridgehead atoms. The van der Waals surface area contributed by atoms with Crippen molar-refractivity contribution in [2.45, 2.75) is 44.4 Å². The first kappa shape index (κ1) is 18.8. The summed E-state index contributed by atoms with van der Waals surface area (Å²) in [7, 11) is 1.74. The van der Waals surface area contributed by atoms with Crippen LogP contribution in [0.1, 0.15) is 35.2 Å². The molecular formula is C18H26BrN3O3. The molecule has 6 nitrogen and oxygen atoms in total. The molecule has 1 N–H and O–H groups in total. The Morgan fingerprint density at radius 1 is 1.36 bits per heavy atom. The first-order valence-electron chi connectivity index (χ1n) is 8.86. The van der Waals surface area contributed by atoms with E-state index in [4.69, 9.17) is 9.47 Å². The minimum atomic E-state index is 0.0746. The highest BCUT2D eigenvalue weighted by atomic mass is 79.9. The van der Waals surface area contributed by atoms with Crippen LogP contribution in [-0.2, 0) is 9.47 Å². The number of piperidine rings is 1. The number of hydrogen-bond acceptors (Lipinski definition) is 5. The van der Waals surface area contributed by atoms with Gasteiger partial charge in [-0.3, -0.25) is 9.78 Å². The summed E-state index contributed by atoms with van der Waals surface area (Å²) >= 11 is 3.45. The molecule has 1 aromatic rings. The zero-order valence-electron chi connectivity index (χ0n) is 14.8. The Labute approximate surface area is 157 Å². The number of amides is 1. The van der Waals surface area contributed by atoms with Crippen molar-refractivity contribution in [3.63, 3.8) is 0 Å². The first-order valence-corrected chi connectivity index (χ1v) is 9.65. The molecule has 25 heavy (non-hydrogen) atoms. The average molecular weight is 412 g/mol. The van der Waals surface area contributed by atoms with Gasteiger partial charge in [-0.1, -0.05) is 0 Å². The van der Waals surface area contributed by atoms with Gasteiger partial charge in [-0.05, 0) is 47.7 Å². The van der Waals surface area contributed by atoms with E-state index in [1.807, 2.05) is 11.8 Å². The van der Waals surface area contributed by atoms with Gasteiger partial charge in [0, 0.05) is 55.8 Å². The van der Waals surface area contributed by atoms with Gasteiger partial charge in [-0.15, -0.1) is 0 Å². The second-order valence-corrected chi connectivity index (χ2v) is 7.63. The summed E-state index contributed by atoms with van der Waals surface area (Å²) in [6.45, 7) is 4.92. The molecule has 3 rings (SSSR count). The van der Waals surface area contributed by atoms with Gasteiger partial charge in [0.1, 0.15) is 0 Å². The molecular weight excluding hydrogens is 386 g/mol. The van der Waals surface area contributed by atoms with Crippen LogP contribution in [0.4, 0.5) is 0 Å². The molecule has 2 aliphatic heterocycles. The van der Waals surface area contributed by atoms with Crippen molar-refractivity contribution in [1.29, 1.82) is 0 Å². The van der Waals surface area contributed by atoms with Gasteiger partial charge < -0.3 is 19.7 Å². The lowest BCUT2D eigenvalue weighted by molar-refractivity contribution is -0.0533. The number of likely N-dealkylation sites (tertiary alicyclic amines) is 1. The van der Waals surface area contributed by atoms with Gasteiger partial charge in [0.15, 0.2) is 0 Å². The van der Waals surface area contributed by atoms with Crippen molar-refractivity contribution in [2.24, 2.45) is 0 Å². The average Bonchev–Trinajstić information content (AvgIpc) is 2.64. The first-order chi connectivity index (χ1) is 12.1. The Balaban J connectivity index is 1.54. The van der Waals surface area contributed by atoms with Crippen LogP contribution >= 0.6 is 15.9 Å². The molecule has 2 fully saturated rings. The zero-order chi connectivity index (χ0) is 17.8. The largest absolute Gasteiger partial charge is 0.379 e. The van der Waals surface area contributed by atoms with Crippen molar-refractivity contribution in [1.82, 2.24) is 15.2 Å². The molecule has 0 unspecified atom stereocenters. The van der Waals surface area contributed by atoms with Crippen LogP contribution in [0.25, 0.3) is 0 Å². The predicted molar refractivity (Wildman–Crippen MR) is 98.8 cm³/mol. The third-order valence-electron chi connectivity index (χ3n) is 5.22. The van der Waals surface area contributed by atoms with Crippen LogP contribution in [0.15, 0.2) is 16.9 Å². The Kier molecular flexibility index (Phi) is 6.44. The zero-order valence-corrected chi connectivity index (χ0v) is 16.4. The SMILES string of the molecule is CO[C@H]1COCC[C@H]1NC1CCN(C(=O)c2cncc(Br)c2C)CC1. The lowest BCUT2D eigenvalue weighted by atomic mass is 9.99. The monoisotopic (exact) mass is 411 g/mol. The molecule has 0 aromatic carbocycles. The van der Waals surface area contributed by atoms with Crippen LogP contribution in [0, 0.1) is 6.92 Å². The van der Waals surface area contributed by atoms with Crippen molar-refractivity contribution >= 4 is 21.8 Å². The highest BCUT2D eigenvalue weighted by molar-refractivity contribution is 9.10. The summed E-state index contributed by atoms with van der Waals surface area (Å²) in [6, 6.07) is 0.758. The fraction of sp³-hybridized carbons (Fsp3) is 0.667. The topological polar surface area (TPSA) is 63.7 Å². The summed E-state index contributed by atoms with van der Waals surface area (Å²) in [5, 5.41) is 3.72. The second-order valence-electron chi connectivity index (χ2n) is 6.77. The molecule has 1 amide bonds. The summed E-state index contributed by atoms with van der Waals surface area (Å²) in [5.41, 5.74) is 1.63. The predicted octanol–water partition coefficient (Wildman–Crippen LogP) is 2.15. The molecule has 1 aromatic heterocycles. The molecule has 0 spiro atoms. The number of carbonyl (C=O) groups is 1. The van der Waals surface area contributed by atoms with E-state index in [1.54, 1.807) is 19.5 Å². The number of carbonyl (C=O) groups excluding carboxylic acids is 1. The maximum atomic E-state index is 12.8. The van der Waals surface area contributed by atoms with Gasteiger partial charge in [0.2, 0.25) is 0 Å². The molecule has 2 saturated heterocycles. The van der Waals surface area contributed by atoms with Crippen molar-refractivity contribution in [3.05, 3.63) is 28.0 Å². The van der Waals surface area contributed by atoms with Crippen LogP contribution in [0.2, 0.25) is 0 Å². The van der Waals surface area contributed by atoms with Crippen molar-refractivity contribution in [3.8, 4) is 0 Å². The minimum absolute atomic E-state index is 0.0746. The Morgan fingerprint density at radius 2 is 2.12 bits per heavy atom. The molecule has 0 radical (unpaired) electrons. The number of nitrogens with one attached hydrogen (secondary N) is 1. The number of nitrogens with zero attached hydrogens (tertiary/aromatic N) is 2. The van der Waals surface area contributed by atoms with E-state index in [2.05, 4.69) is 26.2 Å². The van der Waals surface area contributed by atoms with Gasteiger partial charge >= 0.3 is 0 Å². The van der Waals surface area contributed by atoms with Crippen LogP contribution in [0.3, 0.4) is 0 Å². The van der Waals surface area contributed by atoms with Gasteiger partial charge in [0.25, 0.3) is 5.91 Å². The van der Waals surface area contributed by atoms with Crippen molar-refractivity contribution < 1.29 is 14.3 Å². The van der Waals surface area contributed by atoms with Crippen LogP contribution in [-0.4, -0.2) is 67.4 Å². The summed E-state index contributed by atoms with van der Waals surface area (Å²) in [5.74, 6) is 0.0746. The van der Waals surface area contributed by atoms with E-state index >= 15 is 0 Å². The number of rotatable bonds is 4. The standard InChI is InChI=1S/C18H26BrN3O3/c1-12-14(9-20-10-15(12)19)18(23)22-6-3-13(4-7-22)21-16-5-8-25-11-17(16)24-2/h9-10,13,16-17,21H,3-8,11H2,1-2H3/t16-,17+/m1/s1. The van der Waals surface area contributed by atoms with Gasteiger partial charge in [-0.25, -0.2) is 0 Å². The smallest absolute Gasteiger partial charge is 0.255 e. The summed E-state index contributed by atoms with van der Waals surface area (Å²) in [4.78, 5) is 18.9. The Morgan fingerprint density at radius 3 is 2.84 bits per heavy atom. The molecule has 2 atom stereocenters. The fourth-order valence-corrected chi connectivity index (χ4v) is 3.90. The lowest BCUT2D eigenvalue weighted by Crippen LogP contribution is -2.54. The van der Waals surface area contributed by atoms with Crippen LogP contribution in [0.5, 0.6) is 0 Å². The number of hydrogen-bond donors (Lipinski definition) is 1. The molecule has 138 valence electrons. The minimum Gasteiger partial charge on any atom is -0.379 e. The summed E-state index contributed by atoms with van der Waals surface area (Å²) < 4.78 is 11.9. The molecule has 0 aliphatic carbocycles. The van der Waals surface area contributed by atoms with Crippen molar-refractivity contribution in [2.75, 3.05) is 33.4 Å². The molecule has 7 heteroatoms. The Bertz CT molecular complexity index is 605. The van der Waals surface area contributed by atoms with E-state index in [-0.39, 0.29) is 12.0 Å². The number of halogens is 1. The number of aromatic nitrogens is 1. The van der Waals surface area contributed by atoms with E-state index in [0.29, 0.717) is 24.3 Å². The fourth-order valence-electron chi connectivity index (χ4n) is 3.57. The third kappa shape index (κ3) is 4.39. The molecule has 3 heterocycles. The highest BCUT2D eigenvalue weighted by Crippen LogP contribution is 2.22. The lowest BCUT2D eigenvalue weighted by Gasteiger charge is -2.38. The second kappa shape index (κ2) is 8.58. The third-order valence-corrected chi connectivity index (χ3v) is 6.02. The van der Waals surface area contributed by atoms with E-state index in [9.17, 15) is 4.79 Å². The van der Waals surface area contributed by atoms with E-state index in [1.165, 1.54) is 0 Å². The number of pyridine rings is 1. The van der Waals surface area contributed by atoms with Gasteiger partial charge in [0.05, 0.1) is 18.3 Å². The quantitative estimate of drug-likeness (QED) is 0.821. The summed E-state index contributed by atoms with van der Waals surface area (Å²) in [6.07, 6.45) is 6.39. The van der Waals surface area contributed by atoms with E-state index in [0.717, 1.165) is 49.0 Å². The normalized spacial score (nSPS) is 25.2. The maximum absolute atomic E-state index is 12.8. The molecule has 2 aliphatic rings. The van der Waals surface area contributed by atoms with E-state index < -0.39 is 0 Å². The highest BCUT2D eigenvalue weighted by Gasteiger charge is 2.30.